The molecule has 0 aliphatic carbocycles. The molecule has 0 atom stereocenters. The third-order valence-corrected chi connectivity index (χ3v) is 4.49. The fourth-order valence-electron chi connectivity index (χ4n) is 2.88. The first kappa shape index (κ1) is 26.1. The van der Waals surface area contributed by atoms with Crippen molar-refractivity contribution in [3.8, 4) is 23.0 Å². The minimum atomic E-state index is -0.245. The topological polar surface area (TPSA) is 101 Å². The molecule has 0 unspecified atom stereocenters. The molecule has 10 heteroatoms. The maximum atomic E-state index is 12.6. The van der Waals surface area contributed by atoms with Crippen LogP contribution in [0.2, 0.25) is 0 Å². The predicted octanol–water partition coefficient (Wildman–Crippen LogP) is 3.46. The van der Waals surface area contributed by atoms with Crippen LogP contribution in [0.15, 0.2) is 48.8 Å². The second-order valence-corrected chi connectivity index (χ2v) is 6.25. The summed E-state index contributed by atoms with van der Waals surface area (Å²) >= 11 is 0. The zero-order valence-electron chi connectivity index (χ0n) is 17.5. The number of aromatic nitrogens is 2. The number of halogens is 2. The molecule has 3 aromatic rings. The van der Waals surface area contributed by atoms with Crippen molar-refractivity contribution in [3.05, 3.63) is 65.7 Å². The van der Waals surface area contributed by atoms with Crippen LogP contribution >= 0.6 is 24.8 Å². The Bertz CT molecular complexity index is 1010. The second kappa shape index (κ2) is 12.0. The normalized spacial score (nSPS) is 9.81. The molecule has 1 amide bonds. The minimum Gasteiger partial charge on any atom is -0.496 e. The van der Waals surface area contributed by atoms with E-state index in [1.54, 1.807) is 44.7 Å². The van der Waals surface area contributed by atoms with Crippen molar-refractivity contribution in [1.82, 2.24) is 14.9 Å². The summed E-state index contributed by atoms with van der Waals surface area (Å²) in [7, 11) is 4.99. The van der Waals surface area contributed by atoms with Crippen molar-refractivity contribution in [2.24, 2.45) is 12.8 Å². The van der Waals surface area contributed by atoms with E-state index in [2.05, 4.69) is 10.3 Å². The number of imidazole rings is 1. The summed E-state index contributed by atoms with van der Waals surface area (Å²) in [6.45, 7) is 0.559. The smallest absolute Gasteiger partial charge is 0.251 e. The third-order valence-electron chi connectivity index (χ3n) is 4.49. The van der Waals surface area contributed by atoms with Gasteiger partial charge in [0.2, 0.25) is 0 Å². The fraction of sp³-hybridized carbons (Fsp3) is 0.238. The molecule has 8 nitrogen and oxygen atoms in total. The molecule has 0 aliphatic rings. The van der Waals surface area contributed by atoms with Crippen LogP contribution in [0.25, 0.3) is 0 Å². The molecule has 1 aromatic heterocycles. The molecule has 0 fully saturated rings. The Morgan fingerprint density at radius 2 is 1.77 bits per heavy atom. The summed E-state index contributed by atoms with van der Waals surface area (Å²) in [6, 6.07) is 10.4. The Kier molecular flexibility index (Phi) is 10.1. The summed E-state index contributed by atoms with van der Waals surface area (Å²) in [4.78, 5) is 16.8. The number of methoxy groups -OCH3 is 2. The van der Waals surface area contributed by atoms with Crippen LogP contribution in [-0.2, 0) is 20.1 Å². The quantitative estimate of drug-likeness (QED) is 0.524. The summed E-state index contributed by atoms with van der Waals surface area (Å²) in [6.07, 6.45) is 3.51. The van der Waals surface area contributed by atoms with Crippen LogP contribution in [0, 0.1) is 0 Å². The maximum absolute atomic E-state index is 12.6. The van der Waals surface area contributed by atoms with Gasteiger partial charge >= 0.3 is 0 Å². The molecule has 31 heavy (non-hydrogen) atoms. The summed E-state index contributed by atoms with van der Waals surface area (Å²) < 4.78 is 18.6. The second-order valence-electron chi connectivity index (χ2n) is 6.25. The van der Waals surface area contributed by atoms with Crippen LogP contribution in [0.1, 0.15) is 21.7 Å². The van der Waals surface area contributed by atoms with Gasteiger partial charge in [-0.25, -0.2) is 4.98 Å². The third kappa shape index (κ3) is 6.04. The number of nitrogens with zero attached hydrogens (tertiary/aromatic N) is 2. The monoisotopic (exact) mass is 468 g/mol. The molecule has 0 aliphatic heterocycles. The number of nitrogens with one attached hydrogen (secondary N) is 1. The van der Waals surface area contributed by atoms with Crippen molar-refractivity contribution in [3.63, 3.8) is 0 Å². The number of carbonyl (C=O) groups is 1. The molecule has 0 radical (unpaired) electrons. The molecule has 3 N–H and O–H groups in total. The standard InChI is InChI=1S/C21H24N4O4.2ClH/c1-25-10-9-23-20(25)13-24-21(26)14-7-8-18(28-3)19(11-14)29-17-6-4-5-16(27-2)15(17)12-22;;/h4-11H,12-13,22H2,1-3H3,(H,24,26);2*1H. The SMILES string of the molecule is COc1ccc(C(=O)NCc2nccn2C)cc1Oc1cccc(OC)c1CN.Cl.Cl. The number of nitrogens with two attached hydrogens (primary N) is 1. The molecular weight excluding hydrogens is 443 g/mol. The Labute approximate surface area is 193 Å². The van der Waals surface area contributed by atoms with Gasteiger partial charge in [0.05, 0.1) is 26.3 Å². The molecular formula is C21H26Cl2N4O4. The van der Waals surface area contributed by atoms with Gasteiger partial charge in [-0.1, -0.05) is 6.07 Å². The lowest BCUT2D eigenvalue weighted by atomic mass is 10.1. The van der Waals surface area contributed by atoms with E-state index < -0.39 is 0 Å². The molecule has 0 saturated heterocycles. The van der Waals surface area contributed by atoms with Gasteiger partial charge in [0.1, 0.15) is 17.3 Å². The van der Waals surface area contributed by atoms with Crippen LogP contribution in [0.5, 0.6) is 23.0 Å². The molecule has 3 rings (SSSR count). The zero-order chi connectivity index (χ0) is 20.8. The Morgan fingerprint density at radius 1 is 1.06 bits per heavy atom. The first-order valence-electron chi connectivity index (χ1n) is 9.03. The van der Waals surface area contributed by atoms with Crippen LogP contribution in [0.3, 0.4) is 0 Å². The van der Waals surface area contributed by atoms with Crippen molar-refractivity contribution in [2.45, 2.75) is 13.1 Å². The van der Waals surface area contributed by atoms with Gasteiger partial charge in [-0.05, 0) is 30.3 Å². The van der Waals surface area contributed by atoms with E-state index in [1.807, 2.05) is 29.9 Å². The highest BCUT2D eigenvalue weighted by atomic mass is 35.5. The van der Waals surface area contributed by atoms with Crippen LogP contribution < -0.4 is 25.3 Å². The van der Waals surface area contributed by atoms with Crippen LogP contribution in [0.4, 0.5) is 0 Å². The van der Waals surface area contributed by atoms with E-state index in [0.717, 1.165) is 11.4 Å². The zero-order valence-corrected chi connectivity index (χ0v) is 19.1. The van der Waals surface area contributed by atoms with Crippen molar-refractivity contribution < 1.29 is 19.0 Å². The predicted molar refractivity (Wildman–Crippen MR) is 123 cm³/mol. The molecule has 1 heterocycles. The average Bonchev–Trinajstić information content (AvgIpc) is 3.16. The Hall–Kier alpha value is -2.94. The number of rotatable bonds is 8. The highest BCUT2D eigenvalue weighted by Gasteiger charge is 2.15. The summed E-state index contributed by atoms with van der Waals surface area (Å²) in [5, 5.41) is 2.85. The largest absolute Gasteiger partial charge is 0.496 e. The van der Waals surface area contributed by atoms with E-state index in [-0.39, 0.29) is 37.3 Å². The van der Waals surface area contributed by atoms with Gasteiger partial charge in [0.25, 0.3) is 5.91 Å². The highest BCUT2D eigenvalue weighted by Crippen LogP contribution is 2.36. The lowest BCUT2D eigenvalue weighted by molar-refractivity contribution is 0.0949. The van der Waals surface area contributed by atoms with Gasteiger partial charge in [-0.2, -0.15) is 0 Å². The molecule has 168 valence electrons. The molecule has 2 aromatic carbocycles. The first-order valence-corrected chi connectivity index (χ1v) is 9.03. The Balaban J connectivity index is 0.00000240. The minimum absolute atomic E-state index is 0. The van der Waals surface area contributed by atoms with Gasteiger partial charge < -0.3 is 29.8 Å². The summed E-state index contributed by atoms with van der Waals surface area (Å²) in [5.41, 5.74) is 7.03. The van der Waals surface area contributed by atoms with Crippen molar-refractivity contribution >= 4 is 30.7 Å². The number of aryl methyl sites for hydroxylation is 1. The van der Waals surface area contributed by atoms with E-state index in [1.165, 1.54) is 0 Å². The number of hydrogen-bond donors (Lipinski definition) is 2. The number of benzene rings is 2. The van der Waals surface area contributed by atoms with Crippen molar-refractivity contribution in [1.29, 1.82) is 0 Å². The molecule has 0 spiro atoms. The fourth-order valence-corrected chi connectivity index (χ4v) is 2.88. The molecule has 0 saturated carbocycles. The van der Waals surface area contributed by atoms with Gasteiger partial charge in [-0.15, -0.1) is 24.8 Å². The Morgan fingerprint density at radius 3 is 2.39 bits per heavy atom. The van der Waals surface area contributed by atoms with E-state index >= 15 is 0 Å². The first-order chi connectivity index (χ1) is 14.1. The van der Waals surface area contributed by atoms with E-state index in [0.29, 0.717) is 35.1 Å². The van der Waals surface area contributed by atoms with Gasteiger partial charge in [0, 0.05) is 31.5 Å². The number of ether oxygens (including phenoxy) is 3. The van der Waals surface area contributed by atoms with Crippen molar-refractivity contribution in [2.75, 3.05) is 14.2 Å². The maximum Gasteiger partial charge on any atom is 0.251 e. The van der Waals surface area contributed by atoms with E-state index in [9.17, 15) is 4.79 Å². The summed E-state index contributed by atoms with van der Waals surface area (Å²) in [5.74, 6) is 2.58. The number of carbonyl (C=O) groups excluding carboxylic acids is 1. The molecule has 0 bridgehead atoms. The van der Waals surface area contributed by atoms with Crippen LogP contribution in [-0.4, -0.2) is 29.7 Å². The average molecular weight is 469 g/mol. The van der Waals surface area contributed by atoms with E-state index in [4.69, 9.17) is 19.9 Å². The highest BCUT2D eigenvalue weighted by molar-refractivity contribution is 5.94. The lowest BCUT2D eigenvalue weighted by Crippen LogP contribution is -2.24. The lowest BCUT2D eigenvalue weighted by Gasteiger charge is -2.16. The van der Waals surface area contributed by atoms with Gasteiger partial charge in [0.15, 0.2) is 11.5 Å². The number of amides is 1. The van der Waals surface area contributed by atoms with Gasteiger partial charge in [-0.3, -0.25) is 4.79 Å². The number of hydrogen-bond acceptors (Lipinski definition) is 6.